The van der Waals surface area contributed by atoms with Crippen molar-refractivity contribution in [3.63, 3.8) is 0 Å². The van der Waals surface area contributed by atoms with Crippen LogP contribution in [0.5, 0.6) is 0 Å². The molecule has 0 aliphatic carbocycles. The van der Waals surface area contributed by atoms with Crippen molar-refractivity contribution >= 4 is 27.9 Å². The predicted molar refractivity (Wildman–Crippen MR) is 74.3 cm³/mol. The van der Waals surface area contributed by atoms with Crippen LogP contribution in [0.1, 0.15) is 28.6 Å². The number of aliphatic hydroxyl groups is 1. The zero-order valence-electron chi connectivity index (χ0n) is 10.6. The van der Waals surface area contributed by atoms with Crippen LogP contribution in [-0.2, 0) is 0 Å². The van der Waals surface area contributed by atoms with Crippen molar-refractivity contribution in [3.8, 4) is 6.07 Å². The van der Waals surface area contributed by atoms with E-state index >= 15 is 0 Å². The topological polar surface area (TPSA) is 102 Å². The Hall–Kier alpha value is -1.78. The molecular weight excluding hydrogens is 264 g/mol. The Kier molecular flexibility index (Phi) is 3.93. The average molecular weight is 280 g/mol. The first-order valence-electron chi connectivity index (χ1n) is 6.12. The Morgan fingerprint density at radius 3 is 3.00 bits per heavy atom. The van der Waals surface area contributed by atoms with E-state index in [4.69, 9.17) is 5.73 Å². The van der Waals surface area contributed by atoms with Gasteiger partial charge in [-0.1, -0.05) is 0 Å². The molecule has 4 N–H and O–H groups in total. The largest absolute Gasteiger partial charge is 0.396 e. The number of amides is 1. The van der Waals surface area contributed by atoms with Gasteiger partial charge >= 0.3 is 0 Å². The number of nitrogen functional groups attached to an aromatic ring is 1. The van der Waals surface area contributed by atoms with Gasteiger partial charge in [-0.05, 0) is 13.3 Å². The predicted octanol–water partition coefficient (Wildman–Crippen LogP) is 0.523. The van der Waals surface area contributed by atoms with E-state index < -0.39 is 0 Å². The summed E-state index contributed by atoms with van der Waals surface area (Å²) in [5.41, 5.74) is 6.45. The first kappa shape index (κ1) is 13.6. The smallest absolute Gasteiger partial charge is 0.263 e. The van der Waals surface area contributed by atoms with Crippen molar-refractivity contribution < 1.29 is 9.90 Å². The fraction of sp³-hybridized carbons (Fsp3) is 0.500. The summed E-state index contributed by atoms with van der Waals surface area (Å²) in [4.78, 5) is 14.1. The monoisotopic (exact) mass is 280 g/mol. The fourth-order valence-corrected chi connectivity index (χ4v) is 3.22. The van der Waals surface area contributed by atoms with Crippen molar-refractivity contribution in [2.24, 2.45) is 0 Å². The maximum absolute atomic E-state index is 11.9. The van der Waals surface area contributed by atoms with Crippen LogP contribution < -0.4 is 16.0 Å². The van der Waals surface area contributed by atoms with Gasteiger partial charge < -0.3 is 21.1 Å². The number of carbonyl (C=O) groups excluding carboxylic acids is 1. The van der Waals surface area contributed by atoms with Gasteiger partial charge in [0.05, 0.1) is 11.8 Å². The van der Waals surface area contributed by atoms with E-state index in [1.165, 1.54) is 11.3 Å². The molecule has 19 heavy (non-hydrogen) atoms. The van der Waals surface area contributed by atoms with Crippen LogP contribution in [0.3, 0.4) is 0 Å². The molecule has 2 heterocycles. The quantitative estimate of drug-likeness (QED) is 0.749. The Labute approximate surface area is 115 Å². The molecule has 1 aliphatic rings. The zero-order chi connectivity index (χ0) is 14.0. The third kappa shape index (κ3) is 2.50. The number of nitrogens with two attached hydrogens (primary N) is 1. The summed E-state index contributed by atoms with van der Waals surface area (Å²) in [6.45, 7) is 3.48. The van der Waals surface area contributed by atoms with E-state index in [1.54, 1.807) is 0 Å². The van der Waals surface area contributed by atoms with Crippen LogP contribution in [-0.4, -0.2) is 36.8 Å². The molecule has 2 rings (SSSR count). The molecule has 0 spiro atoms. The van der Waals surface area contributed by atoms with E-state index in [1.807, 2.05) is 11.8 Å². The van der Waals surface area contributed by atoms with Gasteiger partial charge in [0.25, 0.3) is 5.91 Å². The first-order chi connectivity index (χ1) is 9.08. The van der Waals surface area contributed by atoms with E-state index in [0.29, 0.717) is 41.5 Å². The third-order valence-corrected chi connectivity index (χ3v) is 4.30. The van der Waals surface area contributed by atoms with Gasteiger partial charge in [0.2, 0.25) is 0 Å². The lowest BCUT2D eigenvalue weighted by Gasteiger charge is -2.15. The summed E-state index contributed by atoms with van der Waals surface area (Å²) in [7, 11) is 0. The molecule has 102 valence electrons. The number of hydrogen-bond acceptors (Lipinski definition) is 6. The van der Waals surface area contributed by atoms with Crippen molar-refractivity contribution in [2.75, 3.05) is 30.3 Å². The molecule has 1 amide bonds. The van der Waals surface area contributed by atoms with Crippen molar-refractivity contribution in [2.45, 2.75) is 19.4 Å². The second-order valence-electron chi connectivity index (χ2n) is 4.38. The van der Waals surface area contributed by atoms with E-state index in [9.17, 15) is 15.2 Å². The first-order valence-corrected chi connectivity index (χ1v) is 6.93. The van der Waals surface area contributed by atoms with Gasteiger partial charge in [-0.15, -0.1) is 11.3 Å². The molecule has 6 nitrogen and oxygen atoms in total. The minimum absolute atomic E-state index is 0.231. The molecule has 0 aromatic carbocycles. The molecule has 0 bridgehead atoms. The molecule has 1 aliphatic heterocycles. The van der Waals surface area contributed by atoms with E-state index in [-0.39, 0.29) is 17.7 Å². The second kappa shape index (κ2) is 5.47. The van der Waals surface area contributed by atoms with Gasteiger partial charge in [-0.3, -0.25) is 4.79 Å². The van der Waals surface area contributed by atoms with E-state index in [2.05, 4.69) is 11.4 Å². The molecule has 1 saturated heterocycles. The molecule has 1 fully saturated rings. The number of nitriles is 1. The fourth-order valence-electron chi connectivity index (χ4n) is 2.10. The summed E-state index contributed by atoms with van der Waals surface area (Å²) in [6, 6.07) is 2.06. The van der Waals surface area contributed by atoms with Gasteiger partial charge in [-0.25, -0.2) is 0 Å². The number of anilines is 2. The van der Waals surface area contributed by atoms with Crippen molar-refractivity contribution in [1.82, 2.24) is 5.32 Å². The van der Waals surface area contributed by atoms with Crippen LogP contribution >= 0.6 is 11.3 Å². The normalized spacial score (nSPS) is 18.4. The SMILES string of the molecule is CCNC(=O)c1sc(N2CCC(O)C2)c(C#N)c1N. The number of carbonyl (C=O) groups is 1. The van der Waals surface area contributed by atoms with E-state index in [0.717, 1.165) is 0 Å². The Bertz CT molecular complexity index is 535. The number of nitrogens with one attached hydrogen (secondary N) is 1. The highest BCUT2D eigenvalue weighted by atomic mass is 32.1. The zero-order valence-corrected chi connectivity index (χ0v) is 11.5. The minimum atomic E-state index is -0.386. The van der Waals surface area contributed by atoms with Gasteiger partial charge in [0.15, 0.2) is 0 Å². The lowest BCUT2D eigenvalue weighted by Crippen LogP contribution is -2.22. The van der Waals surface area contributed by atoms with Gasteiger partial charge in [0.1, 0.15) is 21.5 Å². The summed E-state index contributed by atoms with van der Waals surface area (Å²) < 4.78 is 0. The maximum atomic E-state index is 11.9. The molecule has 0 saturated carbocycles. The van der Waals surface area contributed by atoms with Crippen LogP contribution in [0.25, 0.3) is 0 Å². The minimum Gasteiger partial charge on any atom is -0.396 e. The van der Waals surface area contributed by atoms with Crippen molar-refractivity contribution in [3.05, 3.63) is 10.4 Å². The third-order valence-electron chi connectivity index (χ3n) is 3.03. The van der Waals surface area contributed by atoms with Gasteiger partial charge in [-0.2, -0.15) is 5.26 Å². The van der Waals surface area contributed by atoms with Crippen LogP contribution in [0.4, 0.5) is 10.7 Å². The highest BCUT2D eigenvalue weighted by Crippen LogP contribution is 2.39. The van der Waals surface area contributed by atoms with Gasteiger partial charge in [0, 0.05) is 19.6 Å². The highest BCUT2D eigenvalue weighted by Gasteiger charge is 2.28. The van der Waals surface area contributed by atoms with Crippen LogP contribution in [0.2, 0.25) is 0 Å². The lowest BCUT2D eigenvalue weighted by atomic mass is 10.2. The Morgan fingerprint density at radius 1 is 1.74 bits per heavy atom. The number of nitrogens with zero attached hydrogens (tertiary/aromatic N) is 2. The van der Waals surface area contributed by atoms with Crippen molar-refractivity contribution in [1.29, 1.82) is 5.26 Å². The maximum Gasteiger partial charge on any atom is 0.263 e. The molecule has 1 aromatic rings. The summed E-state index contributed by atoms with van der Waals surface area (Å²) in [5.74, 6) is -0.257. The number of thiophene rings is 1. The Morgan fingerprint density at radius 2 is 2.47 bits per heavy atom. The number of hydrogen-bond donors (Lipinski definition) is 3. The molecule has 1 unspecified atom stereocenters. The molecular formula is C12H16N4O2S. The standard InChI is InChI=1S/C12H16N4O2S/c1-2-15-11(18)10-9(14)8(5-13)12(19-10)16-4-3-7(17)6-16/h7,17H,2-4,6,14H2,1H3,(H,15,18). The van der Waals surface area contributed by atoms with Crippen LogP contribution in [0, 0.1) is 11.3 Å². The number of rotatable bonds is 3. The number of β-amino-alcohol motifs (C(OH)–C–C–N with tert-alkyl or cyclic N) is 1. The molecule has 0 radical (unpaired) electrons. The van der Waals surface area contributed by atoms with Crippen LogP contribution in [0.15, 0.2) is 0 Å². The lowest BCUT2D eigenvalue weighted by molar-refractivity contribution is 0.0960. The molecule has 1 aromatic heterocycles. The molecule has 1 atom stereocenters. The second-order valence-corrected chi connectivity index (χ2v) is 5.38. The summed E-state index contributed by atoms with van der Waals surface area (Å²) >= 11 is 1.21. The number of aliphatic hydroxyl groups excluding tert-OH is 1. The summed E-state index contributed by atoms with van der Waals surface area (Å²) in [6.07, 6.45) is 0.280. The Balaban J connectivity index is 2.37. The summed E-state index contributed by atoms with van der Waals surface area (Å²) in [5, 5.41) is 22.1. The molecule has 7 heteroatoms. The highest BCUT2D eigenvalue weighted by molar-refractivity contribution is 7.19. The average Bonchev–Trinajstić information content (AvgIpc) is 2.93.